The Morgan fingerprint density at radius 2 is 1.93 bits per heavy atom. The van der Waals surface area contributed by atoms with Crippen LogP contribution in [0.3, 0.4) is 0 Å². The first kappa shape index (κ1) is 11.7. The molecule has 0 saturated carbocycles. The number of anilines is 1. The minimum absolute atomic E-state index is 0.0747. The average Bonchev–Trinajstić information content (AvgIpc) is 2.17. The summed E-state index contributed by atoms with van der Waals surface area (Å²) >= 11 is 0. The fourth-order valence-electron chi connectivity index (χ4n) is 1.42. The van der Waals surface area contributed by atoms with Crippen LogP contribution in [-0.4, -0.2) is 13.0 Å². The Morgan fingerprint density at radius 1 is 1.33 bits per heavy atom. The molecule has 0 atom stereocenters. The highest BCUT2D eigenvalue weighted by atomic mass is 16.5. The van der Waals surface area contributed by atoms with Crippen molar-refractivity contribution in [1.82, 2.24) is 0 Å². The van der Waals surface area contributed by atoms with E-state index in [0.29, 0.717) is 0 Å². The largest absolute Gasteiger partial charge is 0.374 e. The molecule has 0 unspecified atom stereocenters. The Hall–Kier alpha value is -1.35. The first-order chi connectivity index (χ1) is 6.97. The summed E-state index contributed by atoms with van der Waals surface area (Å²) in [5, 5.41) is 2.79. The first-order valence-corrected chi connectivity index (χ1v) is 4.89. The van der Waals surface area contributed by atoms with E-state index in [2.05, 4.69) is 5.32 Å². The van der Waals surface area contributed by atoms with Gasteiger partial charge in [-0.2, -0.15) is 0 Å². The third-order valence-electron chi connectivity index (χ3n) is 2.40. The molecule has 15 heavy (non-hydrogen) atoms. The molecule has 1 amide bonds. The monoisotopic (exact) mass is 207 g/mol. The Balaban J connectivity index is 3.11. The molecule has 82 valence electrons. The van der Waals surface area contributed by atoms with E-state index < -0.39 is 5.60 Å². The van der Waals surface area contributed by atoms with Crippen molar-refractivity contribution in [3.05, 3.63) is 29.8 Å². The lowest BCUT2D eigenvalue weighted by atomic mass is 9.96. The zero-order valence-corrected chi connectivity index (χ0v) is 9.63. The van der Waals surface area contributed by atoms with Gasteiger partial charge in [-0.15, -0.1) is 0 Å². The highest BCUT2D eigenvalue weighted by molar-refractivity contribution is 5.89. The maximum atomic E-state index is 11.0. The molecule has 0 aliphatic carbocycles. The van der Waals surface area contributed by atoms with Gasteiger partial charge in [0.05, 0.1) is 5.60 Å². The van der Waals surface area contributed by atoms with Gasteiger partial charge in [0.1, 0.15) is 0 Å². The van der Waals surface area contributed by atoms with Crippen molar-refractivity contribution in [1.29, 1.82) is 0 Å². The van der Waals surface area contributed by atoms with Crippen molar-refractivity contribution in [3.8, 4) is 0 Å². The zero-order valence-electron chi connectivity index (χ0n) is 9.63. The SMILES string of the molecule is COC(C)(C)c1ccccc1NC(C)=O. The van der Waals surface area contributed by atoms with Crippen molar-refractivity contribution >= 4 is 11.6 Å². The lowest BCUT2D eigenvalue weighted by Gasteiger charge is -2.26. The Kier molecular flexibility index (Phi) is 3.48. The summed E-state index contributed by atoms with van der Waals surface area (Å²) in [6.45, 7) is 5.43. The van der Waals surface area contributed by atoms with E-state index in [-0.39, 0.29) is 5.91 Å². The van der Waals surface area contributed by atoms with Gasteiger partial charge in [0.25, 0.3) is 0 Å². The topological polar surface area (TPSA) is 38.3 Å². The molecule has 1 aromatic carbocycles. The number of benzene rings is 1. The van der Waals surface area contributed by atoms with Gasteiger partial charge in [-0.25, -0.2) is 0 Å². The molecule has 0 spiro atoms. The summed E-state index contributed by atoms with van der Waals surface area (Å²) in [6.07, 6.45) is 0. The van der Waals surface area contributed by atoms with Crippen LogP contribution >= 0.6 is 0 Å². The van der Waals surface area contributed by atoms with Crippen molar-refractivity contribution < 1.29 is 9.53 Å². The van der Waals surface area contributed by atoms with Gasteiger partial charge in [-0.05, 0) is 19.9 Å². The number of carbonyl (C=O) groups excluding carboxylic acids is 1. The van der Waals surface area contributed by atoms with Crippen LogP contribution in [0.1, 0.15) is 26.3 Å². The van der Waals surface area contributed by atoms with Gasteiger partial charge >= 0.3 is 0 Å². The second-order valence-electron chi connectivity index (χ2n) is 3.94. The molecular weight excluding hydrogens is 190 g/mol. The van der Waals surface area contributed by atoms with Crippen molar-refractivity contribution in [2.24, 2.45) is 0 Å². The van der Waals surface area contributed by atoms with E-state index in [0.717, 1.165) is 11.3 Å². The summed E-state index contributed by atoms with van der Waals surface area (Å²) in [6, 6.07) is 7.65. The van der Waals surface area contributed by atoms with Crippen LogP contribution in [0.4, 0.5) is 5.69 Å². The average molecular weight is 207 g/mol. The molecule has 3 nitrogen and oxygen atoms in total. The quantitative estimate of drug-likeness (QED) is 0.827. The smallest absolute Gasteiger partial charge is 0.221 e. The fraction of sp³-hybridized carbons (Fsp3) is 0.417. The number of carbonyl (C=O) groups is 1. The minimum Gasteiger partial charge on any atom is -0.374 e. The van der Waals surface area contributed by atoms with E-state index >= 15 is 0 Å². The molecule has 3 heteroatoms. The molecule has 0 aromatic heterocycles. The van der Waals surface area contributed by atoms with Crippen LogP contribution in [0, 0.1) is 0 Å². The summed E-state index contributed by atoms with van der Waals surface area (Å²) in [7, 11) is 1.66. The van der Waals surface area contributed by atoms with Crippen molar-refractivity contribution in [3.63, 3.8) is 0 Å². The number of hydrogen-bond acceptors (Lipinski definition) is 2. The predicted molar refractivity (Wildman–Crippen MR) is 60.8 cm³/mol. The predicted octanol–water partition coefficient (Wildman–Crippen LogP) is 2.53. The lowest BCUT2D eigenvalue weighted by molar-refractivity contribution is -0.114. The maximum Gasteiger partial charge on any atom is 0.221 e. The lowest BCUT2D eigenvalue weighted by Crippen LogP contribution is -2.22. The molecule has 0 fully saturated rings. The Labute approximate surface area is 90.4 Å². The van der Waals surface area contributed by atoms with E-state index in [1.165, 1.54) is 6.92 Å². The van der Waals surface area contributed by atoms with Crippen LogP contribution in [0.25, 0.3) is 0 Å². The second-order valence-corrected chi connectivity index (χ2v) is 3.94. The summed E-state index contributed by atoms with van der Waals surface area (Å²) in [4.78, 5) is 11.0. The molecule has 1 aromatic rings. The van der Waals surface area contributed by atoms with Crippen LogP contribution in [-0.2, 0) is 15.1 Å². The Morgan fingerprint density at radius 3 is 2.47 bits per heavy atom. The van der Waals surface area contributed by atoms with Gasteiger partial charge in [0.2, 0.25) is 5.91 Å². The van der Waals surface area contributed by atoms with Crippen LogP contribution < -0.4 is 5.32 Å². The molecule has 1 rings (SSSR count). The summed E-state index contributed by atoms with van der Waals surface area (Å²) in [5.41, 5.74) is 1.37. The van der Waals surface area contributed by atoms with Gasteiger partial charge in [-0.1, -0.05) is 18.2 Å². The number of ether oxygens (including phenoxy) is 1. The van der Waals surface area contributed by atoms with Crippen LogP contribution in [0.5, 0.6) is 0 Å². The highest BCUT2D eigenvalue weighted by Crippen LogP contribution is 2.30. The van der Waals surface area contributed by atoms with Gasteiger partial charge < -0.3 is 10.1 Å². The molecule has 0 bridgehead atoms. The summed E-state index contributed by atoms with van der Waals surface area (Å²) < 4.78 is 5.39. The number of nitrogens with one attached hydrogen (secondary N) is 1. The Bertz CT molecular complexity index is 358. The number of rotatable bonds is 3. The van der Waals surface area contributed by atoms with E-state index in [1.807, 2.05) is 38.1 Å². The first-order valence-electron chi connectivity index (χ1n) is 4.89. The van der Waals surface area contributed by atoms with Crippen LogP contribution in [0.2, 0.25) is 0 Å². The van der Waals surface area contributed by atoms with Gasteiger partial charge in [0, 0.05) is 25.3 Å². The highest BCUT2D eigenvalue weighted by Gasteiger charge is 2.22. The molecule has 0 heterocycles. The molecule has 0 radical (unpaired) electrons. The van der Waals surface area contributed by atoms with E-state index in [9.17, 15) is 4.79 Å². The summed E-state index contributed by atoms with van der Waals surface area (Å²) in [5.74, 6) is -0.0747. The fourth-order valence-corrected chi connectivity index (χ4v) is 1.42. The third kappa shape index (κ3) is 2.80. The van der Waals surface area contributed by atoms with Crippen LogP contribution in [0.15, 0.2) is 24.3 Å². The maximum absolute atomic E-state index is 11.0. The van der Waals surface area contributed by atoms with Gasteiger partial charge in [0.15, 0.2) is 0 Å². The molecule has 0 saturated heterocycles. The van der Waals surface area contributed by atoms with E-state index in [4.69, 9.17) is 4.74 Å². The van der Waals surface area contributed by atoms with Crippen molar-refractivity contribution in [2.45, 2.75) is 26.4 Å². The normalized spacial score (nSPS) is 11.2. The molecule has 0 aliphatic rings. The van der Waals surface area contributed by atoms with Gasteiger partial charge in [-0.3, -0.25) is 4.79 Å². The van der Waals surface area contributed by atoms with Crippen molar-refractivity contribution in [2.75, 3.05) is 12.4 Å². The second kappa shape index (κ2) is 4.45. The molecule has 1 N–H and O–H groups in total. The number of hydrogen-bond donors (Lipinski definition) is 1. The standard InChI is InChI=1S/C12H17NO2/c1-9(14)13-11-8-6-5-7-10(11)12(2,3)15-4/h5-8H,1-4H3,(H,13,14). The number of para-hydroxylation sites is 1. The minimum atomic E-state index is -0.404. The number of amides is 1. The third-order valence-corrected chi connectivity index (χ3v) is 2.40. The number of methoxy groups -OCH3 is 1. The molecular formula is C12H17NO2. The molecule has 0 aliphatic heterocycles. The van der Waals surface area contributed by atoms with E-state index in [1.54, 1.807) is 7.11 Å². The zero-order chi connectivity index (χ0) is 11.5.